The monoisotopic (exact) mass is 641 g/mol. The summed E-state index contributed by atoms with van der Waals surface area (Å²) in [6.45, 7) is 8.47. The molecule has 8 rings (SSSR count). The third-order valence-electron chi connectivity index (χ3n) is 9.24. The molecule has 0 bridgehead atoms. The number of carbonyl (C=O) groups excluding carboxylic acids is 1. The van der Waals surface area contributed by atoms with Crippen LogP contribution in [0.2, 0.25) is 0 Å². The van der Waals surface area contributed by atoms with Crippen molar-refractivity contribution in [1.82, 2.24) is 19.7 Å². The van der Waals surface area contributed by atoms with Gasteiger partial charge in [-0.3, -0.25) is 19.4 Å². The van der Waals surface area contributed by atoms with Crippen molar-refractivity contribution in [3.8, 4) is 17.2 Å². The van der Waals surface area contributed by atoms with Crippen molar-refractivity contribution in [2.24, 2.45) is 0 Å². The first-order valence-corrected chi connectivity index (χ1v) is 16.2. The van der Waals surface area contributed by atoms with Crippen LogP contribution in [0, 0.1) is 5.82 Å². The predicted molar refractivity (Wildman–Crippen MR) is 177 cm³/mol. The number of nitrogens with zero attached hydrogens (tertiary/aromatic N) is 3. The summed E-state index contributed by atoms with van der Waals surface area (Å²) < 4.78 is 41.2. The Labute approximate surface area is 269 Å². The molecule has 2 N–H and O–H groups in total. The smallest absolute Gasteiger partial charge is 0.256 e. The van der Waals surface area contributed by atoms with Crippen LogP contribution >= 0.6 is 0 Å². The van der Waals surface area contributed by atoms with Crippen molar-refractivity contribution in [2.75, 3.05) is 84.1 Å². The number of benzene rings is 3. The Balaban J connectivity index is 1.18. The van der Waals surface area contributed by atoms with E-state index in [0.717, 1.165) is 55.5 Å². The molecule has 5 heterocycles. The minimum atomic E-state index is -0.625. The Kier molecular flexibility index (Phi) is 8.01. The Morgan fingerprint density at radius 3 is 2.38 bits per heavy atom. The first-order chi connectivity index (χ1) is 23.0. The number of carbonyl (C=O) groups is 1. The molecule has 3 aromatic carbocycles. The molecule has 2 fully saturated rings. The van der Waals surface area contributed by atoms with Crippen LogP contribution in [0.3, 0.4) is 0 Å². The molecule has 2 saturated heterocycles. The Morgan fingerprint density at radius 2 is 1.60 bits per heavy atom. The molecule has 244 valence electrons. The fraction of sp³-hybridized carbons (Fsp3) is 0.371. The van der Waals surface area contributed by atoms with E-state index < -0.39 is 17.2 Å². The van der Waals surface area contributed by atoms with E-state index in [-0.39, 0.29) is 22.4 Å². The van der Waals surface area contributed by atoms with E-state index in [1.165, 1.54) is 12.3 Å². The highest BCUT2D eigenvalue weighted by atomic mass is 19.1. The maximum absolute atomic E-state index is 16.0. The van der Waals surface area contributed by atoms with E-state index in [4.69, 9.17) is 18.6 Å². The van der Waals surface area contributed by atoms with Crippen molar-refractivity contribution < 1.29 is 27.8 Å². The zero-order valence-corrected chi connectivity index (χ0v) is 26.0. The maximum atomic E-state index is 16.0. The van der Waals surface area contributed by atoms with Crippen LogP contribution in [0.25, 0.3) is 38.5 Å². The van der Waals surface area contributed by atoms with Crippen LogP contribution in [0.5, 0.6) is 11.5 Å². The molecule has 0 unspecified atom stereocenters. The number of amides is 1. The molecule has 3 aliphatic heterocycles. The van der Waals surface area contributed by atoms with Crippen LogP contribution < -0.4 is 20.8 Å². The lowest BCUT2D eigenvalue weighted by molar-refractivity contribution is 0.0374. The van der Waals surface area contributed by atoms with E-state index in [2.05, 4.69) is 20.4 Å². The molecule has 0 saturated carbocycles. The molecule has 1 amide bonds. The van der Waals surface area contributed by atoms with Gasteiger partial charge in [0.25, 0.3) is 5.91 Å². The van der Waals surface area contributed by atoms with Gasteiger partial charge in [-0.15, -0.1) is 0 Å². The van der Waals surface area contributed by atoms with E-state index in [0.29, 0.717) is 68.6 Å². The minimum Gasteiger partial charge on any atom is -0.456 e. The number of fused-ring (bicyclic) bond motifs is 5. The van der Waals surface area contributed by atoms with Gasteiger partial charge in [0, 0.05) is 68.8 Å². The molecule has 3 aliphatic rings. The summed E-state index contributed by atoms with van der Waals surface area (Å²) in [5.41, 5.74) is 1.86. The van der Waals surface area contributed by atoms with Gasteiger partial charge >= 0.3 is 0 Å². The molecule has 47 heavy (non-hydrogen) atoms. The highest BCUT2D eigenvalue weighted by Crippen LogP contribution is 2.47. The summed E-state index contributed by atoms with van der Waals surface area (Å²) in [5.74, 6) is -0.467. The molecule has 11 nitrogen and oxygen atoms in total. The van der Waals surface area contributed by atoms with Gasteiger partial charge in [0.1, 0.15) is 27.9 Å². The largest absolute Gasteiger partial charge is 0.456 e. The summed E-state index contributed by atoms with van der Waals surface area (Å²) in [4.78, 5) is 31.9. The second kappa shape index (κ2) is 12.6. The summed E-state index contributed by atoms with van der Waals surface area (Å²) in [6.07, 6.45) is 2.27. The van der Waals surface area contributed by atoms with Crippen LogP contribution in [-0.4, -0.2) is 99.1 Å². The van der Waals surface area contributed by atoms with Crippen LogP contribution in [0.4, 0.5) is 10.1 Å². The average molecular weight is 642 g/mol. The van der Waals surface area contributed by atoms with E-state index in [1.54, 1.807) is 4.57 Å². The fourth-order valence-electron chi connectivity index (χ4n) is 6.75. The fourth-order valence-corrected chi connectivity index (χ4v) is 6.75. The SMILES string of the molecule is O=C(NCCCN1CCOCC1)c1cn2c3c(c(NCCN4CCOCC4)c(F)cc3c1=O)Oc1cc3c(cc1-2)oc1ccccc13. The lowest BCUT2D eigenvalue weighted by atomic mass is 10.0. The molecule has 0 atom stereocenters. The van der Waals surface area contributed by atoms with E-state index >= 15 is 4.39 Å². The number of anilines is 1. The molecule has 2 aromatic heterocycles. The second-order valence-corrected chi connectivity index (χ2v) is 12.2. The summed E-state index contributed by atoms with van der Waals surface area (Å²) in [5, 5.41) is 7.97. The zero-order chi connectivity index (χ0) is 31.9. The van der Waals surface area contributed by atoms with Crippen LogP contribution in [0.1, 0.15) is 16.8 Å². The van der Waals surface area contributed by atoms with Crippen molar-refractivity contribution >= 4 is 44.4 Å². The van der Waals surface area contributed by atoms with Gasteiger partial charge in [-0.25, -0.2) is 4.39 Å². The average Bonchev–Trinajstić information content (AvgIpc) is 3.46. The summed E-state index contributed by atoms with van der Waals surface area (Å²) in [7, 11) is 0. The molecule has 5 aromatic rings. The number of morpholine rings is 2. The topological polar surface area (TPSA) is 110 Å². The van der Waals surface area contributed by atoms with Crippen molar-refractivity contribution in [3.05, 3.63) is 70.3 Å². The van der Waals surface area contributed by atoms with Crippen molar-refractivity contribution in [2.45, 2.75) is 6.42 Å². The second-order valence-electron chi connectivity index (χ2n) is 12.2. The highest BCUT2D eigenvalue weighted by molar-refractivity contribution is 6.07. The van der Waals surface area contributed by atoms with E-state index in [1.807, 2.05) is 36.4 Å². The predicted octanol–water partition coefficient (Wildman–Crippen LogP) is 4.33. The number of pyridine rings is 1. The number of aromatic nitrogens is 1. The number of rotatable bonds is 9. The third-order valence-corrected chi connectivity index (χ3v) is 9.24. The lowest BCUT2D eigenvalue weighted by Gasteiger charge is -2.28. The number of ether oxygens (including phenoxy) is 3. The van der Waals surface area contributed by atoms with Gasteiger partial charge in [-0.05, 0) is 31.2 Å². The van der Waals surface area contributed by atoms with Gasteiger partial charge in [-0.2, -0.15) is 0 Å². The normalized spacial score (nSPS) is 16.8. The third kappa shape index (κ3) is 5.61. The number of furan rings is 1. The van der Waals surface area contributed by atoms with Gasteiger partial charge in [0.2, 0.25) is 5.43 Å². The molecular weight excluding hydrogens is 605 g/mol. The maximum Gasteiger partial charge on any atom is 0.256 e. The number of para-hydroxylation sites is 1. The first kappa shape index (κ1) is 29.9. The minimum absolute atomic E-state index is 0.0625. The highest BCUT2D eigenvalue weighted by Gasteiger charge is 2.30. The Morgan fingerprint density at radius 1 is 0.851 bits per heavy atom. The van der Waals surface area contributed by atoms with Gasteiger partial charge in [0.05, 0.1) is 37.5 Å². The summed E-state index contributed by atoms with van der Waals surface area (Å²) in [6, 6.07) is 12.6. The van der Waals surface area contributed by atoms with Gasteiger partial charge in [-0.1, -0.05) is 18.2 Å². The quantitative estimate of drug-likeness (QED) is 0.223. The molecule has 0 radical (unpaired) electrons. The standard InChI is InChI=1S/C35H36FN5O6/c36-26-18-24-32-34(31(26)37-7-9-40-12-16-45-17-13-40)47-30-19-23-22-4-1-2-5-28(22)46-29(23)20-27(30)41(32)21-25(33(24)42)35(43)38-6-3-8-39-10-14-44-15-11-39/h1-2,4-5,18-21,37H,3,6-17H2,(H,38,43). The van der Waals surface area contributed by atoms with E-state index in [9.17, 15) is 9.59 Å². The number of nitrogens with one attached hydrogen (secondary N) is 2. The summed E-state index contributed by atoms with van der Waals surface area (Å²) >= 11 is 0. The lowest BCUT2D eigenvalue weighted by Crippen LogP contribution is -2.39. The van der Waals surface area contributed by atoms with Crippen LogP contribution in [-0.2, 0) is 9.47 Å². The van der Waals surface area contributed by atoms with Crippen molar-refractivity contribution in [3.63, 3.8) is 0 Å². The number of hydrogen-bond donors (Lipinski definition) is 2. The zero-order valence-electron chi connectivity index (χ0n) is 26.0. The number of halogens is 1. The van der Waals surface area contributed by atoms with Gasteiger partial charge < -0.3 is 33.8 Å². The van der Waals surface area contributed by atoms with Crippen molar-refractivity contribution in [1.29, 1.82) is 0 Å². The van der Waals surface area contributed by atoms with Gasteiger partial charge in [0.15, 0.2) is 17.3 Å². The van der Waals surface area contributed by atoms with Crippen LogP contribution in [0.15, 0.2) is 57.9 Å². The molecule has 0 spiro atoms. The first-order valence-electron chi connectivity index (χ1n) is 16.2. The number of hydrogen-bond acceptors (Lipinski definition) is 9. The molecule has 12 heteroatoms. The molecular formula is C35H36FN5O6. The Bertz CT molecular complexity index is 2050. The Hall–Kier alpha value is -4.49. The molecule has 0 aliphatic carbocycles.